The summed E-state index contributed by atoms with van der Waals surface area (Å²) >= 11 is 3.40. The number of pyridine rings is 1. The van der Waals surface area contributed by atoms with E-state index in [4.69, 9.17) is 9.47 Å². The molecule has 0 unspecified atom stereocenters. The number of piperidine rings is 1. The van der Waals surface area contributed by atoms with Gasteiger partial charge in [-0.25, -0.2) is 4.98 Å². The van der Waals surface area contributed by atoms with E-state index in [2.05, 4.69) is 31.1 Å². The number of carbonyl (C=O) groups excluding carboxylic acids is 1. The maximum atomic E-state index is 12.8. The van der Waals surface area contributed by atoms with Gasteiger partial charge in [-0.15, -0.1) is 0 Å². The van der Waals surface area contributed by atoms with Crippen molar-refractivity contribution in [2.45, 2.75) is 18.9 Å². The molecule has 2 heterocycles. The molecular formula is C20H24BrN3O3. The Hall–Kier alpha value is -1.96. The van der Waals surface area contributed by atoms with Crippen LogP contribution in [-0.4, -0.2) is 50.4 Å². The van der Waals surface area contributed by atoms with Crippen LogP contribution in [0.25, 0.3) is 0 Å². The van der Waals surface area contributed by atoms with Gasteiger partial charge in [-0.3, -0.25) is 4.79 Å². The topological polar surface area (TPSA) is 63.7 Å². The summed E-state index contributed by atoms with van der Waals surface area (Å²) < 4.78 is 11.8. The van der Waals surface area contributed by atoms with E-state index in [1.54, 1.807) is 19.4 Å². The zero-order valence-corrected chi connectivity index (χ0v) is 16.9. The number of aromatic nitrogens is 1. The quantitative estimate of drug-likeness (QED) is 0.673. The third kappa shape index (κ3) is 5.51. The van der Waals surface area contributed by atoms with Crippen molar-refractivity contribution in [3.63, 3.8) is 0 Å². The highest BCUT2D eigenvalue weighted by Gasteiger charge is 2.24. The largest absolute Gasteiger partial charge is 0.382 e. The standard InChI is InChI=1S/C20H24BrN3O3/c1-26-13-14-27-17-8-11-24(12-9-17)19-18(3-2-10-22-19)20(25)23-16-6-4-15(21)5-7-16/h2-7,10,17H,8-9,11-14H2,1H3,(H,23,25). The van der Waals surface area contributed by atoms with Crippen molar-refractivity contribution in [1.82, 2.24) is 4.98 Å². The van der Waals surface area contributed by atoms with Crippen LogP contribution in [0.2, 0.25) is 0 Å². The minimum Gasteiger partial charge on any atom is -0.382 e. The molecule has 6 nitrogen and oxygen atoms in total. The molecule has 27 heavy (non-hydrogen) atoms. The highest BCUT2D eigenvalue weighted by atomic mass is 79.9. The van der Waals surface area contributed by atoms with Gasteiger partial charge in [0.05, 0.1) is 24.9 Å². The summed E-state index contributed by atoms with van der Waals surface area (Å²) in [6.07, 6.45) is 3.79. The number of rotatable bonds is 7. The van der Waals surface area contributed by atoms with Gasteiger partial charge in [0, 0.05) is 36.6 Å². The van der Waals surface area contributed by atoms with E-state index in [0.717, 1.165) is 41.9 Å². The maximum Gasteiger partial charge on any atom is 0.259 e. The first-order chi connectivity index (χ1) is 13.2. The van der Waals surface area contributed by atoms with E-state index in [-0.39, 0.29) is 12.0 Å². The molecule has 144 valence electrons. The molecular weight excluding hydrogens is 410 g/mol. The van der Waals surface area contributed by atoms with Crippen LogP contribution in [0.1, 0.15) is 23.2 Å². The van der Waals surface area contributed by atoms with Crippen LogP contribution < -0.4 is 10.2 Å². The van der Waals surface area contributed by atoms with Gasteiger partial charge in [-0.2, -0.15) is 0 Å². The van der Waals surface area contributed by atoms with Crippen LogP contribution in [-0.2, 0) is 9.47 Å². The number of hydrogen-bond donors (Lipinski definition) is 1. The number of nitrogens with zero attached hydrogens (tertiary/aromatic N) is 2. The summed E-state index contributed by atoms with van der Waals surface area (Å²) in [4.78, 5) is 19.4. The van der Waals surface area contributed by atoms with Gasteiger partial charge in [0.25, 0.3) is 5.91 Å². The monoisotopic (exact) mass is 433 g/mol. The zero-order valence-electron chi connectivity index (χ0n) is 15.4. The number of benzene rings is 1. The van der Waals surface area contributed by atoms with Crippen molar-refractivity contribution in [1.29, 1.82) is 0 Å². The Labute approximate surface area is 168 Å². The number of ether oxygens (including phenoxy) is 2. The lowest BCUT2D eigenvalue weighted by molar-refractivity contribution is 0.00604. The molecule has 1 saturated heterocycles. The first-order valence-electron chi connectivity index (χ1n) is 9.05. The van der Waals surface area contributed by atoms with Crippen LogP contribution in [0.5, 0.6) is 0 Å². The number of anilines is 2. The number of methoxy groups -OCH3 is 1. The van der Waals surface area contributed by atoms with Crippen molar-refractivity contribution >= 4 is 33.3 Å². The minimum absolute atomic E-state index is 0.154. The van der Waals surface area contributed by atoms with Gasteiger partial charge in [0.1, 0.15) is 5.82 Å². The summed E-state index contributed by atoms with van der Waals surface area (Å²) in [5, 5.41) is 2.94. The summed E-state index contributed by atoms with van der Waals surface area (Å²) in [6, 6.07) is 11.1. The third-order valence-electron chi connectivity index (χ3n) is 4.52. The van der Waals surface area contributed by atoms with Crippen molar-refractivity contribution in [3.8, 4) is 0 Å². The van der Waals surface area contributed by atoms with Crippen LogP contribution in [0.15, 0.2) is 47.1 Å². The predicted molar refractivity (Wildman–Crippen MR) is 109 cm³/mol. The highest BCUT2D eigenvalue weighted by molar-refractivity contribution is 9.10. The maximum absolute atomic E-state index is 12.8. The molecule has 1 N–H and O–H groups in total. The number of hydrogen-bond acceptors (Lipinski definition) is 5. The average molecular weight is 434 g/mol. The fourth-order valence-electron chi connectivity index (χ4n) is 3.09. The van der Waals surface area contributed by atoms with Crippen molar-refractivity contribution < 1.29 is 14.3 Å². The molecule has 1 aromatic heterocycles. The molecule has 7 heteroatoms. The van der Waals surface area contributed by atoms with Crippen LogP contribution in [0, 0.1) is 0 Å². The second kappa shape index (κ2) is 9.82. The number of amides is 1. The summed E-state index contributed by atoms with van der Waals surface area (Å²) in [6.45, 7) is 2.85. The molecule has 0 radical (unpaired) electrons. The fourth-order valence-corrected chi connectivity index (χ4v) is 3.35. The molecule has 1 aliphatic heterocycles. The molecule has 1 aromatic carbocycles. The summed E-state index contributed by atoms with van der Waals surface area (Å²) in [7, 11) is 1.67. The van der Waals surface area contributed by atoms with Crippen molar-refractivity contribution in [2.24, 2.45) is 0 Å². The zero-order chi connectivity index (χ0) is 19.1. The Morgan fingerprint density at radius 1 is 1.22 bits per heavy atom. The Balaban J connectivity index is 1.64. The lowest BCUT2D eigenvalue weighted by Crippen LogP contribution is -2.38. The lowest BCUT2D eigenvalue weighted by atomic mass is 10.1. The highest BCUT2D eigenvalue weighted by Crippen LogP contribution is 2.24. The summed E-state index contributed by atoms with van der Waals surface area (Å²) in [5.74, 6) is 0.571. The molecule has 1 fully saturated rings. The first kappa shape index (κ1) is 19.8. The molecule has 0 aliphatic carbocycles. The SMILES string of the molecule is COCCOC1CCN(c2ncccc2C(=O)Nc2ccc(Br)cc2)CC1. The Kier molecular flexibility index (Phi) is 7.20. The molecule has 1 aliphatic rings. The van der Waals surface area contributed by atoms with Gasteiger partial charge in [0.15, 0.2) is 0 Å². The van der Waals surface area contributed by atoms with E-state index in [1.807, 2.05) is 30.3 Å². The van der Waals surface area contributed by atoms with Crippen LogP contribution in [0.3, 0.4) is 0 Å². The molecule has 3 rings (SSSR count). The lowest BCUT2D eigenvalue weighted by Gasteiger charge is -2.33. The number of carbonyl (C=O) groups is 1. The summed E-state index contributed by atoms with van der Waals surface area (Å²) in [5.41, 5.74) is 1.34. The normalized spacial score (nSPS) is 15.0. The third-order valence-corrected chi connectivity index (χ3v) is 5.04. The van der Waals surface area contributed by atoms with Crippen LogP contribution >= 0.6 is 15.9 Å². The van der Waals surface area contributed by atoms with E-state index in [9.17, 15) is 4.79 Å². The van der Waals surface area contributed by atoms with E-state index >= 15 is 0 Å². The second-order valence-electron chi connectivity index (χ2n) is 6.39. The molecule has 0 saturated carbocycles. The molecule has 0 atom stereocenters. The van der Waals surface area contributed by atoms with E-state index < -0.39 is 0 Å². The average Bonchev–Trinajstić information content (AvgIpc) is 2.70. The van der Waals surface area contributed by atoms with Gasteiger partial charge in [-0.05, 0) is 49.2 Å². The smallest absolute Gasteiger partial charge is 0.259 e. The number of nitrogens with one attached hydrogen (secondary N) is 1. The number of halogens is 1. The van der Waals surface area contributed by atoms with Crippen molar-refractivity contribution in [2.75, 3.05) is 43.6 Å². The fraction of sp³-hybridized carbons (Fsp3) is 0.400. The molecule has 1 amide bonds. The van der Waals surface area contributed by atoms with Crippen molar-refractivity contribution in [3.05, 3.63) is 52.6 Å². The van der Waals surface area contributed by atoms with Gasteiger partial charge in [-0.1, -0.05) is 15.9 Å². The van der Waals surface area contributed by atoms with Gasteiger partial charge < -0.3 is 19.7 Å². The molecule has 0 bridgehead atoms. The molecule has 2 aromatic rings. The Bertz CT molecular complexity index is 746. The van der Waals surface area contributed by atoms with Gasteiger partial charge >= 0.3 is 0 Å². The second-order valence-corrected chi connectivity index (χ2v) is 7.30. The van der Waals surface area contributed by atoms with E-state index in [1.165, 1.54) is 0 Å². The van der Waals surface area contributed by atoms with E-state index in [0.29, 0.717) is 18.8 Å². The molecule has 0 spiro atoms. The predicted octanol–water partition coefficient (Wildman–Crippen LogP) is 3.73. The first-order valence-corrected chi connectivity index (χ1v) is 9.84. The minimum atomic E-state index is -0.154. The van der Waals surface area contributed by atoms with Crippen LogP contribution in [0.4, 0.5) is 11.5 Å². The Morgan fingerprint density at radius 2 is 1.96 bits per heavy atom. The Morgan fingerprint density at radius 3 is 2.67 bits per heavy atom. The van der Waals surface area contributed by atoms with Gasteiger partial charge in [0.2, 0.25) is 0 Å².